The zero-order valence-electron chi connectivity index (χ0n) is 8.51. The average Bonchev–Trinajstić information content (AvgIpc) is 2.80. The van der Waals surface area contributed by atoms with Crippen LogP contribution in [-0.2, 0) is 11.2 Å². The van der Waals surface area contributed by atoms with E-state index in [4.69, 9.17) is 0 Å². The first-order chi connectivity index (χ1) is 7.81. The molecule has 2 aromatic rings. The number of aryl methyl sites for hydroxylation is 1. The number of hydrogen-bond donors (Lipinski definition) is 0. The van der Waals surface area contributed by atoms with Gasteiger partial charge < -0.3 is 4.79 Å². The highest BCUT2D eigenvalue weighted by molar-refractivity contribution is 5.50. The van der Waals surface area contributed by atoms with E-state index in [1.54, 1.807) is 12.1 Å². The summed E-state index contributed by atoms with van der Waals surface area (Å²) in [5.74, 6) is -0.367. The van der Waals surface area contributed by atoms with Crippen molar-refractivity contribution in [1.82, 2.24) is 14.8 Å². The monoisotopic (exact) mass is 219 g/mol. The Morgan fingerprint density at radius 3 is 2.94 bits per heavy atom. The standard InChI is InChI=1S/C11H10FN3O/c12-10-6-9(2-1-5-16)3-4-11(10)15-8-13-7-14-15/h3-8H,1-2H2. The summed E-state index contributed by atoms with van der Waals surface area (Å²) in [6.07, 6.45) is 4.56. The number of hydrogen-bond acceptors (Lipinski definition) is 3. The summed E-state index contributed by atoms with van der Waals surface area (Å²) in [4.78, 5) is 14.0. The van der Waals surface area contributed by atoms with E-state index in [0.29, 0.717) is 18.5 Å². The first-order valence-electron chi connectivity index (χ1n) is 4.88. The summed E-state index contributed by atoms with van der Waals surface area (Å²) in [5.41, 5.74) is 1.15. The van der Waals surface area contributed by atoms with Crippen molar-refractivity contribution in [3.8, 4) is 5.69 Å². The molecule has 0 aliphatic rings. The molecule has 2 rings (SSSR count). The molecule has 82 valence electrons. The number of rotatable bonds is 4. The molecule has 0 saturated heterocycles. The van der Waals surface area contributed by atoms with E-state index in [1.165, 1.54) is 23.4 Å². The maximum atomic E-state index is 13.7. The average molecular weight is 219 g/mol. The molecule has 0 N–H and O–H groups in total. The number of carbonyl (C=O) groups excluding carboxylic acids is 1. The normalized spacial score (nSPS) is 10.3. The lowest BCUT2D eigenvalue weighted by Gasteiger charge is -2.04. The molecule has 1 aromatic carbocycles. The van der Waals surface area contributed by atoms with E-state index in [-0.39, 0.29) is 5.82 Å². The second kappa shape index (κ2) is 4.65. The highest BCUT2D eigenvalue weighted by Crippen LogP contribution is 2.14. The number of benzene rings is 1. The third kappa shape index (κ3) is 2.13. The van der Waals surface area contributed by atoms with E-state index in [0.717, 1.165) is 11.8 Å². The van der Waals surface area contributed by atoms with Gasteiger partial charge in [-0.2, -0.15) is 5.10 Å². The first kappa shape index (κ1) is 10.5. The van der Waals surface area contributed by atoms with Crippen LogP contribution in [0.5, 0.6) is 0 Å². The summed E-state index contributed by atoms with van der Waals surface area (Å²) < 4.78 is 15.0. The van der Waals surface area contributed by atoms with Crippen molar-refractivity contribution in [1.29, 1.82) is 0 Å². The Bertz CT molecular complexity index is 482. The summed E-state index contributed by atoms with van der Waals surface area (Å²) in [6.45, 7) is 0. The Morgan fingerprint density at radius 1 is 1.44 bits per heavy atom. The van der Waals surface area contributed by atoms with E-state index >= 15 is 0 Å². The number of nitrogens with zero attached hydrogens (tertiary/aromatic N) is 3. The largest absolute Gasteiger partial charge is 0.303 e. The van der Waals surface area contributed by atoms with Crippen molar-refractivity contribution >= 4 is 6.29 Å². The molecule has 0 aliphatic carbocycles. The van der Waals surface area contributed by atoms with Crippen molar-refractivity contribution in [3.63, 3.8) is 0 Å². The summed E-state index contributed by atoms with van der Waals surface area (Å²) in [5, 5.41) is 3.85. The zero-order chi connectivity index (χ0) is 11.4. The highest BCUT2D eigenvalue weighted by Gasteiger charge is 2.05. The van der Waals surface area contributed by atoms with Crippen molar-refractivity contribution in [3.05, 3.63) is 42.2 Å². The minimum Gasteiger partial charge on any atom is -0.303 e. The van der Waals surface area contributed by atoms with Crippen LogP contribution in [0.4, 0.5) is 4.39 Å². The van der Waals surface area contributed by atoms with Crippen molar-refractivity contribution in [2.24, 2.45) is 0 Å². The third-order valence-corrected chi connectivity index (χ3v) is 2.23. The third-order valence-electron chi connectivity index (χ3n) is 2.23. The van der Waals surface area contributed by atoms with Gasteiger partial charge in [0.2, 0.25) is 0 Å². The van der Waals surface area contributed by atoms with Gasteiger partial charge in [0.05, 0.1) is 0 Å². The highest BCUT2D eigenvalue weighted by atomic mass is 19.1. The fraction of sp³-hybridized carbons (Fsp3) is 0.182. The molecule has 0 atom stereocenters. The molecule has 0 spiro atoms. The fourth-order valence-electron chi connectivity index (χ4n) is 1.45. The fourth-order valence-corrected chi connectivity index (χ4v) is 1.45. The molecule has 4 nitrogen and oxygen atoms in total. The second-order valence-corrected chi connectivity index (χ2v) is 3.33. The quantitative estimate of drug-likeness (QED) is 0.733. The van der Waals surface area contributed by atoms with Crippen molar-refractivity contribution in [2.45, 2.75) is 12.8 Å². The van der Waals surface area contributed by atoms with Gasteiger partial charge in [0.25, 0.3) is 0 Å². The van der Waals surface area contributed by atoms with Gasteiger partial charge in [-0.3, -0.25) is 0 Å². The lowest BCUT2D eigenvalue weighted by atomic mass is 10.1. The van der Waals surface area contributed by atoms with Crippen LogP contribution >= 0.6 is 0 Å². The second-order valence-electron chi connectivity index (χ2n) is 3.33. The molecular weight excluding hydrogens is 209 g/mol. The molecule has 0 saturated carbocycles. The summed E-state index contributed by atoms with van der Waals surface area (Å²) in [6, 6.07) is 4.83. The summed E-state index contributed by atoms with van der Waals surface area (Å²) in [7, 11) is 0. The molecule has 1 aromatic heterocycles. The van der Waals surface area contributed by atoms with Crippen molar-refractivity contribution < 1.29 is 9.18 Å². The number of halogens is 1. The summed E-state index contributed by atoms with van der Waals surface area (Å²) >= 11 is 0. The topological polar surface area (TPSA) is 47.8 Å². The van der Waals surface area contributed by atoms with E-state index in [1.807, 2.05) is 0 Å². The molecule has 0 radical (unpaired) electrons. The van der Waals surface area contributed by atoms with Crippen LogP contribution in [0.1, 0.15) is 12.0 Å². The predicted octanol–water partition coefficient (Wildman–Crippen LogP) is 1.54. The van der Waals surface area contributed by atoms with Gasteiger partial charge >= 0.3 is 0 Å². The Hall–Kier alpha value is -2.04. The predicted molar refractivity (Wildman–Crippen MR) is 55.7 cm³/mol. The molecule has 0 bridgehead atoms. The van der Waals surface area contributed by atoms with Gasteiger partial charge in [-0.1, -0.05) is 6.07 Å². The van der Waals surface area contributed by atoms with Gasteiger partial charge in [-0.05, 0) is 24.1 Å². The SMILES string of the molecule is O=CCCc1ccc(-n2cncn2)c(F)c1. The van der Waals surface area contributed by atoms with Crippen LogP contribution < -0.4 is 0 Å². The lowest BCUT2D eigenvalue weighted by molar-refractivity contribution is -0.107. The maximum Gasteiger partial charge on any atom is 0.149 e. The van der Waals surface area contributed by atoms with Crippen LogP contribution in [-0.4, -0.2) is 21.1 Å². The molecule has 16 heavy (non-hydrogen) atoms. The van der Waals surface area contributed by atoms with Crippen molar-refractivity contribution in [2.75, 3.05) is 0 Å². The molecule has 0 aliphatic heterocycles. The van der Waals surface area contributed by atoms with Gasteiger partial charge in [-0.15, -0.1) is 0 Å². The zero-order valence-corrected chi connectivity index (χ0v) is 8.51. The first-order valence-corrected chi connectivity index (χ1v) is 4.88. The molecule has 5 heteroatoms. The Balaban J connectivity index is 2.26. The van der Waals surface area contributed by atoms with E-state index < -0.39 is 0 Å². The molecule has 0 amide bonds. The molecule has 1 heterocycles. The van der Waals surface area contributed by atoms with E-state index in [2.05, 4.69) is 10.1 Å². The van der Waals surface area contributed by atoms with Crippen LogP contribution in [0.3, 0.4) is 0 Å². The minimum atomic E-state index is -0.367. The maximum absolute atomic E-state index is 13.7. The van der Waals surface area contributed by atoms with Gasteiger partial charge in [0.15, 0.2) is 0 Å². The minimum absolute atomic E-state index is 0.354. The molecule has 0 unspecified atom stereocenters. The lowest BCUT2D eigenvalue weighted by Crippen LogP contribution is -1.99. The van der Waals surface area contributed by atoms with E-state index in [9.17, 15) is 9.18 Å². The smallest absolute Gasteiger partial charge is 0.149 e. The molecule has 0 fully saturated rings. The Morgan fingerprint density at radius 2 is 2.31 bits per heavy atom. The van der Waals surface area contributed by atoms with Crippen LogP contribution in [0.2, 0.25) is 0 Å². The Kier molecular flexibility index (Phi) is 3.05. The Labute approximate surface area is 91.7 Å². The molecular formula is C11H10FN3O. The number of carbonyl (C=O) groups is 1. The van der Waals surface area contributed by atoms with Gasteiger partial charge in [0, 0.05) is 6.42 Å². The number of aldehydes is 1. The van der Waals surface area contributed by atoms with Crippen LogP contribution in [0.15, 0.2) is 30.9 Å². The van der Waals surface area contributed by atoms with Crippen LogP contribution in [0.25, 0.3) is 5.69 Å². The van der Waals surface area contributed by atoms with Crippen LogP contribution in [0, 0.1) is 5.82 Å². The number of aromatic nitrogens is 3. The van der Waals surface area contributed by atoms with Gasteiger partial charge in [-0.25, -0.2) is 14.1 Å². The van der Waals surface area contributed by atoms with Gasteiger partial charge in [0.1, 0.15) is 30.4 Å².